The molecule has 1 N–H and O–H groups in total. The average molecular weight is 657 g/mol. The smallest absolute Gasteiger partial charge is 0.354 e. The molecule has 0 spiro atoms. The predicted octanol–water partition coefficient (Wildman–Crippen LogP) is 5.93. The van der Waals surface area contributed by atoms with Crippen molar-refractivity contribution in [2.24, 2.45) is 18.9 Å². The highest BCUT2D eigenvalue weighted by Crippen LogP contribution is 2.40. The van der Waals surface area contributed by atoms with E-state index in [1.807, 2.05) is 42.3 Å². The zero-order chi connectivity index (χ0) is 33.6. The van der Waals surface area contributed by atoms with E-state index in [1.54, 1.807) is 13.2 Å². The summed E-state index contributed by atoms with van der Waals surface area (Å²) in [5.41, 5.74) is 5.87. The Morgan fingerprint density at radius 1 is 0.980 bits per heavy atom. The van der Waals surface area contributed by atoms with Gasteiger partial charge in [0, 0.05) is 59.7 Å². The average Bonchev–Trinajstić information content (AvgIpc) is 3.40. The van der Waals surface area contributed by atoms with Crippen molar-refractivity contribution >= 4 is 44.8 Å². The Morgan fingerprint density at radius 2 is 1.84 bits per heavy atom. The second-order valence-electron chi connectivity index (χ2n) is 13.8. The van der Waals surface area contributed by atoms with Crippen molar-refractivity contribution in [3.05, 3.63) is 76.1 Å². The molecule has 9 rings (SSSR count). The van der Waals surface area contributed by atoms with Gasteiger partial charge in [-0.05, 0) is 86.4 Å². The number of esters is 1. The fraction of sp³-hybridized carbons (Fsp3) is 0.342. The van der Waals surface area contributed by atoms with Crippen molar-refractivity contribution < 1.29 is 19.1 Å². The highest BCUT2D eigenvalue weighted by atomic mass is 16.5. The fourth-order valence-corrected chi connectivity index (χ4v) is 8.00. The second kappa shape index (κ2) is 11.0. The Kier molecular flexibility index (Phi) is 6.69. The van der Waals surface area contributed by atoms with E-state index in [1.165, 1.54) is 32.4 Å². The summed E-state index contributed by atoms with van der Waals surface area (Å²) in [6.45, 7) is 1.64. The van der Waals surface area contributed by atoms with Crippen LogP contribution in [0.25, 0.3) is 55.7 Å². The SMILES string of the molecule is COC(=O)c1cc(=O)c2cc(-c3ccc4cc(-c5nc6cc(C(=O)N7CC8CCC7C8)cc(OC)c6n5C)n(CC5CC5)c4n3)ccc2[nH]1. The van der Waals surface area contributed by atoms with Gasteiger partial charge in [-0.3, -0.25) is 9.59 Å². The Morgan fingerprint density at radius 3 is 2.57 bits per heavy atom. The quantitative estimate of drug-likeness (QED) is 0.211. The number of H-pyrrole nitrogens is 1. The van der Waals surface area contributed by atoms with Gasteiger partial charge in [0.2, 0.25) is 0 Å². The van der Waals surface area contributed by atoms with Gasteiger partial charge in [0.15, 0.2) is 11.3 Å². The topological polar surface area (TPSA) is 124 Å². The molecule has 49 heavy (non-hydrogen) atoms. The van der Waals surface area contributed by atoms with Crippen LogP contribution < -0.4 is 10.2 Å². The molecule has 5 heterocycles. The van der Waals surface area contributed by atoms with E-state index in [4.69, 9.17) is 19.4 Å². The summed E-state index contributed by atoms with van der Waals surface area (Å²) < 4.78 is 15.0. The first-order valence-corrected chi connectivity index (χ1v) is 16.9. The normalized spacial score (nSPS) is 18.6. The molecule has 1 amide bonds. The number of amides is 1. The lowest BCUT2D eigenvalue weighted by Gasteiger charge is -2.27. The molecule has 2 saturated carbocycles. The van der Waals surface area contributed by atoms with Gasteiger partial charge in [-0.25, -0.2) is 14.8 Å². The van der Waals surface area contributed by atoms with E-state index >= 15 is 0 Å². The maximum atomic E-state index is 13.7. The zero-order valence-corrected chi connectivity index (χ0v) is 27.7. The number of fused-ring (bicyclic) bond motifs is 5. The number of aromatic nitrogens is 5. The molecule has 2 aliphatic carbocycles. The van der Waals surface area contributed by atoms with Crippen LogP contribution in [0.2, 0.25) is 0 Å². The number of nitrogens with zero attached hydrogens (tertiary/aromatic N) is 5. The van der Waals surface area contributed by atoms with Gasteiger partial charge in [-0.1, -0.05) is 6.07 Å². The van der Waals surface area contributed by atoms with E-state index in [-0.39, 0.29) is 17.0 Å². The molecule has 1 saturated heterocycles. The van der Waals surface area contributed by atoms with Gasteiger partial charge in [0.25, 0.3) is 5.91 Å². The van der Waals surface area contributed by atoms with Crippen LogP contribution in [-0.2, 0) is 18.3 Å². The van der Waals surface area contributed by atoms with Crippen molar-refractivity contribution in [2.45, 2.75) is 44.7 Å². The molecule has 0 radical (unpaired) electrons. The van der Waals surface area contributed by atoms with Crippen LogP contribution in [0.5, 0.6) is 5.75 Å². The highest BCUT2D eigenvalue weighted by molar-refractivity contribution is 6.00. The Bertz CT molecular complexity index is 2420. The molecule has 2 aromatic carbocycles. The predicted molar refractivity (Wildman–Crippen MR) is 186 cm³/mol. The second-order valence-corrected chi connectivity index (χ2v) is 13.8. The van der Waals surface area contributed by atoms with Crippen LogP contribution in [0.3, 0.4) is 0 Å². The molecule has 6 aromatic rings. The monoisotopic (exact) mass is 656 g/mol. The minimum absolute atomic E-state index is 0.0544. The number of ether oxygens (including phenoxy) is 2. The minimum atomic E-state index is -0.593. The first-order valence-electron chi connectivity index (χ1n) is 16.9. The van der Waals surface area contributed by atoms with E-state index in [9.17, 15) is 14.4 Å². The van der Waals surface area contributed by atoms with Crippen LogP contribution >= 0.6 is 0 Å². The number of piperidine rings is 1. The van der Waals surface area contributed by atoms with Crippen molar-refractivity contribution in [1.29, 1.82) is 0 Å². The molecule has 11 heteroatoms. The van der Waals surface area contributed by atoms with Gasteiger partial charge < -0.3 is 28.5 Å². The van der Waals surface area contributed by atoms with Crippen LogP contribution in [0.15, 0.2) is 59.4 Å². The maximum Gasteiger partial charge on any atom is 0.354 e. The first-order chi connectivity index (χ1) is 23.8. The number of imidazole rings is 1. The van der Waals surface area contributed by atoms with Crippen LogP contribution in [0.4, 0.5) is 0 Å². The number of benzene rings is 2. The molecule has 2 atom stereocenters. The summed E-state index contributed by atoms with van der Waals surface area (Å²) >= 11 is 0. The van der Waals surface area contributed by atoms with Gasteiger partial charge in [0.05, 0.1) is 31.1 Å². The zero-order valence-electron chi connectivity index (χ0n) is 27.7. The number of carbonyl (C=O) groups is 2. The van der Waals surface area contributed by atoms with Crippen molar-refractivity contribution in [3.8, 4) is 28.5 Å². The van der Waals surface area contributed by atoms with Gasteiger partial charge in [-0.2, -0.15) is 0 Å². The number of aromatic amines is 1. The number of nitrogens with one attached hydrogen (secondary N) is 1. The number of pyridine rings is 2. The molecule has 3 fully saturated rings. The van der Waals surface area contributed by atoms with Gasteiger partial charge in [0.1, 0.15) is 22.6 Å². The molecular formula is C38H36N6O5. The fourth-order valence-electron chi connectivity index (χ4n) is 8.00. The Labute approximate surface area is 281 Å². The molecule has 1 aliphatic heterocycles. The van der Waals surface area contributed by atoms with Crippen molar-refractivity contribution in [1.82, 2.24) is 29.0 Å². The van der Waals surface area contributed by atoms with E-state index in [0.717, 1.165) is 70.8 Å². The number of likely N-dealkylation sites (tertiary alicyclic amines) is 1. The number of hydrogen-bond acceptors (Lipinski definition) is 7. The third-order valence-corrected chi connectivity index (χ3v) is 10.7. The lowest BCUT2D eigenvalue weighted by molar-refractivity contribution is 0.0593. The number of hydrogen-bond donors (Lipinski definition) is 1. The standard InChI is InChI=1S/C38H36N6O5/c1-42-34-29(14-24(16-33(34)48-2)37(46)43-19-21-6-9-25(43)12-21)41-36(42)31-15-23-8-10-27(40-35(23)44(31)18-20-4-5-20)22-7-11-28-26(13-22)32(45)17-30(39-28)38(47)49-3/h7-8,10-11,13-17,20-21,25H,4-6,9,12,18-19H2,1-3H3,(H,39,45). The summed E-state index contributed by atoms with van der Waals surface area (Å²) in [6.07, 6.45) is 5.74. The molecule has 248 valence electrons. The van der Waals surface area contributed by atoms with Gasteiger partial charge >= 0.3 is 5.97 Å². The maximum absolute atomic E-state index is 13.7. The van der Waals surface area contributed by atoms with Crippen molar-refractivity contribution in [3.63, 3.8) is 0 Å². The molecule has 3 aliphatic rings. The Balaban J connectivity index is 1.14. The number of methoxy groups -OCH3 is 2. The summed E-state index contributed by atoms with van der Waals surface area (Å²) in [4.78, 5) is 54.0. The third-order valence-electron chi connectivity index (χ3n) is 10.7. The summed E-state index contributed by atoms with van der Waals surface area (Å²) in [6, 6.07) is 17.0. The van der Waals surface area contributed by atoms with Crippen LogP contribution in [0.1, 0.15) is 53.0 Å². The number of carbonyl (C=O) groups excluding carboxylic acids is 2. The van der Waals surface area contributed by atoms with E-state index in [2.05, 4.69) is 26.3 Å². The summed E-state index contributed by atoms with van der Waals surface area (Å²) in [5, 5.41) is 1.45. The molecular weight excluding hydrogens is 620 g/mol. The Hall–Kier alpha value is -5.45. The summed E-state index contributed by atoms with van der Waals surface area (Å²) in [5.74, 6) is 2.04. The third kappa shape index (κ3) is 4.81. The highest BCUT2D eigenvalue weighted by Gasteiger charge is 2.40. The lowest BCUT2D eigenvalue weighted by atomic mass is 10.1. The minimum Gasteiger partial charge on any atom is -0.494 e. The van der Waals surface area contributed by atoms with E-state index in [0.29, 0.717) is 40.1 Å². The van der Waals surface area contributed by atoms with E-state index < -0.39 is 5.97 Å². The largest absolute Gasteiger partial charge is 0.494 e. The first kappa shape index (κ1) is 29.7. The molecule has 4 aromatic heterocycles. The number of rotatable bonds is 7. The molecule has 11 nitrogen and oxygen atoms in total. The van der Waals surface area contributed by atoms with Crippen LogP contribution in [0, 0.1) is 11.8 Å². The number of aryl methyl sites for hydroxylation is 1. The summed E-state index contributed by atoms with van der Waals surface area (Å²) in [7, 11) is 4.91. The molecule has 2 bridgehead atoms. The molecule has 2 unspecified atom stereocenters. The lowest BCUT2D eigenvalue weighted by Crippen LogP contribution is -2.37. The van der Waals surface area contributed by atoms with Crippen molar-refractivity contribution in [2.75, 3.05) is 20.8 Å². The van der Waals surface area contributed by atoms with Crippen LogP contribution in [-0.4, -0.2) is 67.7 Å². The van der Waals surface area contributed by atoms with Gasteiger partial charge in [-0.15, -0.1) is 0 Å².